The van der Waals surface area contributed by atoms with Crippen molar-refractivity contribution in [3.8, 4) is 5.75 Å². The average Bonchev–Trinajstić information content (AvgIpc) is 3.70. The van der Waals surface area contributed by atoms with E-state index in [0.29, 0.717) is 52.1 Å². The molecule has 14 nitrogen and oxygen atoms in total. The molecular formula is C44H52BrN9O5S. The molecule has 8 rings (SSSR count). The quantitative estimate of drug-likeness (QED) is 0.120. The summed E-state index contributed by atoms with van der Waals surface area (Å²) in [5, 5.41) is 9.94. The van der Waals surface area contributed by atoms with Gasteiger partial charge < -0.3 is 25.2 Å². The molecule has 3 aliphatic rings. The lowest BCUT2D eigenvalue weighted by molar-refractivity contribution is -0.137. The summed E-state index contributed by atoms with van der Waals surface area (Å²) in [5.74, 6) is 1.12. The van der Waals surface area contributed by atoms with Crippen molar-refractivity contribution < 1.29 is 22.7 Å². The number of amides is 2. The Morgan fingerprint density at radius 1 is 0.967 bits per heavy atom. The summed E-state index contributed by atoms with van der Waals surface area (Å²) in [4.78, 5) is 41.2. The molecule has 5 aromatic rings. The van der Waals surface area contributed by atoms with E-state index in [1.54, 1.807) is 25.6 Å². The number of piperidine rings is 2. The lowest BCUT2D eigenvalue weighted by Crippen LogP contribution is -2.53. The molecule has 3 saturated heterocycles. The van der Waals surface area contributed by atoms with Crippen LogP contribution in [0.4, 0.5) is 28.8 Å². The van der Waals surface area contributed by atoms with E-state index < -0.39 is 15.4 Å². The number of halogens is 1. The number of nitrogens with one attached hydrogen (secondary N) is 3. The SMILES string of the molecule is COc1cc(N2CCC(N3CCN(CCc4ccc(C5(C)CCC(=O)NC5=O)cc4)CC3)CC2)c(C)cc1Nc1ncc(Br)c(Nc2cccc3ccn(S(C)(=O)=O)c23)n1. The standard InChI is InChI=1S/C44H52BrN9O5S/c1-29-26-36(48-43-46-28-34(45)41(50-43)47-35-7-5-6-31-14-21-54(40(31)35)60(4,57)58)38(59-3)27-37(29)53-19-15-33(16-20-53)52-24-22-51(23-25-52)18-13-30-8-10-32(11-9-30)44(2)17-12-39(55)49-42(44)56/h5-11,14,21,26-28,33H,12-13,15-20,22-25H2,1-4H3,(H,49,55,56)(H2,46,47,48,50). The van der Waals surface area contributed by atoms with E-state index in [1.165, 1.54) is 15.8 Å². The van der Waals surface area contributed by atoms with Gasteiger partial charge in [-0.1, -0.05) is 36.4 Å². The van der Waals surface area contributed by atoms with E-state index in [-0.39, 0.29) is 11.8 Å². The molecular weight excluding hydrogens is 847 g/mol. The number of ether oxygens (including phenoxy) is 1. The number of rotatable bonds is 12. The van der Waals surface area contributed by atoms with Crippen LogP contribution in [-0.2, 0) is 31.4 Å². The molecule has 5 heterocycles. The number of para-hydroxylation sites is 1. The zero-order valence-electron chi connectivity index (χ0n) is 34.5. The van der Waals surface area contributed by atoms with Crippen molar-refractivity contribution in [2.24, 2.45) is 0 Å². The van der Waals surface area contributed by atoms with Gasteiger partial charge in [0.2, 0.25) is 27.8 Å². The van der Waals surface area contributed by atoms with E-state index in [2.05, 4.69) is 94.9 Å². The van der Waals surface area contributed by atoms with E-state index in [0.717, 1.165) is 93.0 Å². The van der Waals surface area contributed by atoms with Crippen LogP contribution in [0, 0.1) is 6.92 Å². The molecule has 3 fully saturated rings. The van der Waals surface area contributed by atoms with Gasteiger partial charge in [-0.2, -0.15) is 4.98 Å². The third kappa shape index (κ3) is 8.74. The van der Waals surface area contributed by atoms with Crippen molar-refractivity contribution in [3.63, 3.8) is 0 Å². The van der Waals surface area contributed by atoms with Crippen molar-refractivity contribution in [1.82, 2.24) is 29.1 Å². The van der Waals surface area contributed by atoms with Crippen LogP contribution in [-0.4, -0.2) is 109 Å². The molecule has 0 spiro atoms. The molecule has 1 atom stereocenters. The molecule has 3 aliphatic heterocycles. The second-order valence-corrected chi connectivity index (χ2v) is 19.1. The number of fused-ring (bicyclic) bond motifs is 1. The molecule has 3 N–H and O–H groups in total. The summed E-state index contributed by atoms with van der Waals surface area (Å²) in [6.07, 6.45) is 8.47. The topological polar surface area (TPSA) is 154 Å². The molecule has 2 amide bonds. The normalized spacial score (nSPS) is 19.7. The third-order valence-corrected chi connectivity index (χ3v) is 14.0. The second-order valence-electron chi connectivity index (χ2n) is 16.3. The first-order chi connectivity index (χ1) is 28.8. The molecule has 2 aromatic heterocycles. The molecule has 1 unspecified atom stereocenters. The number of nitrogens with zero attached hydrogens (tertiary/aromatic N) is 6. The maximum Gasteiger partial charge on any atom is 0.236 e. The highest BCUT2D eigenvalue weighted by molar-refractivity contribution is 9.10. The van der Waals surface area contributed by atoms with Gasteiger partial charge in [-0.3, -0.25) is 19.8 Å². The van der Waals surface area contributed by atoms with E-state index in [1.807, 2.05) is 25.1 Å². The number of piperazine rings is 1. The van der Waals surface area contributed by atoms with Gasteiger partial charge in [0.05, 0.1) is 40.1 Å². The molecule has 0 saturated carbocycles. The van der Waals surface area contributed by atoms with E-state index in [4.69, 9.17) is 9.72 Å². The summed E-state index contributed by atoms with van der Waals surface area (Å²) in [5.41, 5.74) is 5.72. The molecule has 0 aliphatic carbocycles. The van der Waals surface area contributed by atoms with Gasteiger partial charge in [0.1, 0.15) is 11.6 Å². The van der Waals surface area contributed by atoms with Gasteiger partial charge in [-0.25, -0.2) is 17.4 Å². The second kappa shape index (κ2) is 17.1. The summed E-state index contributed by atoms with van der Waals surface area (Å²) in [7, 11) is -1.86. The van der Waals surface area contributed by atoms with Crippen LogP contribution in [0.1, 0.15) is 49.3 Å². The third-order valence-electron chi connectivity index (χ3n) is 12.4. The van der Waals surface area contributed by atoms with Gasteiger partial charge in [-0.15, -0.1) is 0 Å². The number of aryl methyl sites for hydroxylation is 1. The molecule has 3 aromatic carbocycles. The fraction of sp³-hybridized carbons (Fsp3) is 0.409. The van der Waals surface area contributed by atoms with Crippen LogP contribution in [0.2, 0.25) is 0 Å². The van der Waals surface area contributed by atoms with Crippen LogP contribution < -0.4 is 25.6 Å². The number of hydrogen-bond donors (Lipinski definition) is 3. The Kier molecular flexibility index (Phi) is 11.9. The van der Waals surface area contributed by atoms with Crippen molar-refractivity contribution in [3.05, 3.63) is 94.2 Å². The number of hydrogen-bond acceptors (Lipinski definition) is 12. The minimum atomic E-state index is -3.52. The van der Waals surface area contributed by atoms with Crippen LogP contribution in [0.5, 0.6) is 5.75 Å². The monoisotopic (exact) mass is 897 g/mol. The summed E-state index contributed by atoms with van der Waals surface area (Å²) in [6.45, 7) is 11.2. The summed E-state index contributed by atoms with van der Waals surface area (Å²) >= 11 is 3.55. The molecule has 316 valence electrons. The average molecular weight is 899 g/mol. The Morgan fingerprint density at radius 2 is 1.72 bits per heavy atom. The fourth-order valence-electron chi connectivity index (χ4n) is 8.82. The van der Waals surface area contributed by atoms with Gasteiger partial charge >= 0.3 is 0 Å². The predicted octanol–water partition coefficient (Wildman–Crippen LogP) is 6.33. The first-order valence-electron chi connectivity index (χ1n) is 20.5. The Balaban J connectivity index is 0.842. The van der Waals surface area contributed by atoms with Crippen LogP contribution in [0.25, 0.3) is 10.9 Å². The molecule has 0 radical (unpaired) electrons. The van der Waals surface area contributed by atoms with Crippen molar-refractivity contribution in [2.75, 3.05) is 74.7 Å². The number of anilines is 5. The first-order valence-corrected chi connectivity index (χ1v) is 23.1. The van der Waals surface area contributed by atoms with Crippen molar-refractivity contribution >= 4 is 77.5 Å². The largest absolute Gasteiger partial charge is 0.494 e. The van der Waals surface area contributed by atoms with E-state index in [9.17, 15) is 18.0 Å². The van der Waals surface area contributed by atoms with Crippen LogP contribution in [0.3, 0.4) is 0 Å². The van der Waals surface area contributed by atoms with Gasteiger partial charge in [0.15, 0.2) is 0 Å². The van der Waals surface area contributed by atoms with Crippen molar-refractivity contribution in [1.29, 1.82) is 0 Å². The Hall–Kier alpha value is -5.03. The van der Waals surface area contributed by atoms with Gasteiger partial charge in [0, 0.05) is 87.8 Å². The van der Waals surface area contributed by atoms with Crippen LogP contribution >= 0.6 is 15.9 Å². The number of benzene rings is 3. The zero-order chi connectivity index (χ0) is 42.2. The maximum atomic E-state index is 12.6. The van der Waals surface area contributed by atoms with Gasteiger partial charge in [-0.05, 0) is 90.4 Å². The predicted molar refractivity (Wildman–Crippen MR) is 239 cm³/mol. The molecule has 16 heteroatoms. The smallest absolute Gasteiger partial charge is 0.236 e. The van der Waals surface area contributed by atoms with Crippen molar-refractivity contribution in [2.45, 2.75) is 57.4 Å². The Labute approximate surface area is 359 Å². The minimum absolute atomic E-state index is 0.189. The number of methoxy groups -OCH3 is 1. The highest BCUT2D eigenvalue weighted by Gasteiger charge is 2.40. The fourth-order valence-corrected chi connectivity index (χ4v) is 9.93. The maximum absolute atomic E-state index is 12.6. The number of aromatic nitrogens is 3. The number of carbonyl (C=O) groups excluding carboxylic acids is 2. The van der Waals surface area contributed by atoms with Gasteiger partial charge in [0.25, 0.3) is 0 Å². The highest BCUT2D eigenvalue weighted by atomic mass is 79.9. The Morgan fingerprint density at radius 3 is 2.42 bits per heavy atom. The van der Waals surface area contributed by atoms with E-state index >= 15 is 0 Å². The lowest BCUT2D eigenvalue weighted by Gasteiger charge is -2.43. The molecule has 60 heavy (non-hydrogen) atoms. The number of imide groups is 1. The summed E-state index contributed by atoms with van der Waals surface area (Å²) in [6, 6.07) is 20.4. The zero-order valence-corrected chi connectivity index (χ0v) is 36.9. The van der Waals surface area contributed by atoms with Crippen LogP contribution in [0.15, 0.2) is 77.5 Å². The first kappa shape index (κ1) is 41.7. The molecule has 0 bridgehead atoms. The Bertz CT molecular complexity index is 2520. The summed E-state index contributed by atoms with van der Waals surface area (Å²) < 4.78 is 32.8. The highest BCUT2D eigenvalue weighted by Crippen LogP contribution is 2.38. The number of carbonyl (C=O) groups is 2. The minimum Gasteiger partial charge on any atom is -0.494 e. The lowest BCUT2D eigenvalue weighted by atomic mass is 9.75.